The Morgan fingerprint density at radius 3 is 2.26 bits per heavy atom. The van der Waals surface area contributed by atoms with Gasteiger partial charge in [0.25, 0.3) is 0 Å². The molecule has 1 heterocycles. The third kappa shape index (κ3) is 8.69. The van der Waals surface area contributed by atoms with Crippen LogP contribution in [-0.2, 0) is 15.3 Å². The van der Waals surface area contributed by atoms with Gasteiger partial charge in [-0.2, -0.15) is 0 Å². The van der Waals surface area contributed by atoms with Crippen molar-refractivity contribution in [2.24, 2.45) is 0 Å². The van der Waals surface area contributed by atoms with Crippen molar-refractivity contribution in [2.45, 2.75) is 101 Å². The maximum absolute atomic E-state index is 11.7. The summed E-state index contributed by atoms with van der Waals surface area (Å²) in [6, 6.07) is 10.2. The highest BCUT2D eigenvalue weighted by Crippen LogP contribution is 2.33. The Balaban J connectivity index is 1.52. The summed E-state index contributed by atoms with van der Waals surface area (Å²) in [4.78, 5) is 11.7. The van der Waals surface area contributed by atoms with Crippen molar-refractivity contribution in [3.8, 4) is 0 Å². The zero-order valence-corrected chi connectivity index (χ0v) is 17.6. The number of benzene rings is 1. The Bertz CT molecular complexity index is 520. The average molecular weight is 393 g/mol. The molecule has 1 saturated heterocycles. The van der Waals surface area contributed by atoms with E-state index >= 15 is 0 Å². The van der Waals surface area contributed by atoms with Gasteiger partial charge in [-0.1, -0.05) is 95.0 Å². The largest absolute Gasteiger partial charge is 0.460 e. The summed E-state index contributed by atoms with van der Waals surface area (Å²) in [7, 11) is 0. The molecule has 1 aliphatic rings. The minimum Gasteiger partial charge on any atom is -0.460 e. The number of aliphatic hydroxyl groups is 1. The van der Waals surface area contributed by atoms with E-state index in [-0.39, 0.29) is 23.4 Å². The first kappa shape index (κ1) is 22.3. The summed E-state index contributed by atoms with van der Waals surface area (Å²) in [6.07, 6.45) is 12.5. The molecule has 1 N–H and O–H groups in total. The van der Waals surface area contributed by atoms with Gasteiger partial charge in [0.05, 0.1) is 6.10 Å². The van der Waals surface area contributed by atoms with Crippen molar-refractivity contribution < 1.29 is 14.6 Å². The number of hydrogen-bond acceptors (Lipinski definition) is 4. The van der Waals surface area contributed by atoms with Crippen molar-refractivity contribution >= 4 is 17.7 Å². The third-order valence-electron chi connectivity index (χ3n) is 5.26. The van der Waals surface area contributed by atoms with Gasteiger partial charge in [0, 0.05) is 12.2 Å². The van der Waals surface area contributed by atoms with Crippen LogP contribution in [0.3, 0.4) is 0 Å². The van der Waals surface area contributed by atoms with Crippen molar-refractivity contribution in [1.29, 1.82) is 0 Å². The number of hydrogen-bond donors (Lipinski definition) is 1. The molecule has 0 saturated carbocycles. The van der Waals surface area contributed by atoms with E-state index in [1.54, 1.807) is 11.8 Å². The lowest BCUT2D eigenvalue weighted by molar-refractivity contribution is -0.169. The third-order valence-corrected chi connectivity index (χ3v) is 6.61. The predicted octanol–water partition coefficient (Wildman–Crippen LogP) is 5.89. The monoisotopic (exact) mass is 392 g/mol. The van der Waals surface area contributed by atoms with Gasteiger partial charge in [0.2, 0.25) is 0 Å². The molecule has 3 atom stereocenters. The van der Waals surface area contributed by atoms with Crippen molar-refractivity contribution in [2.75, 3.05) is 0 Å². The van der Waals surface area contributed by atoms with Crippen LogP contribution in [-0.4, -0.2) is 28.5 Å². The van der Waals surface area contributed by atoms with E-state index in [4.69, 9.17) is 4.74 Å². The molecule has 3 nitrogen and oxygen atoms in total. The zero-order chi connectivity index (χ0) is 19.3. The Morgan fingerprint density at radius 1 is 1.00 bits per heavy atom. The Morgan fingerprint density at radius 2 is 1.63 bits per heavy atom. The van der Waals surface area contributed by atoms with Gasteiger partial charge < -0.3 is 9.84 Å². The molecular weight excluding hydrogens is 356 g/mol. The van der Waals surface area contributed by atoms with E-state index < -0.39 is 0 Å². The lowest BCUT2D eigenvalue weighted by Crippen LogP contribution is -2.49. The number of ether oxygens (including phenoxy) is 1. The summed E-state index contributed by atoms with van der Waals surface area (Å²) >= 11 is 1.63. The van der Waals surface area contributed by atoms with Crippen LogP contribution < -0.4 is 0 Å². The van der Waals surface area contributed by atoms with E-state index in [0.29, 0.717) is 6.42 Å². The lowest BCUT2D eigenvalue weighted by Gasteiger charge is -2.35. The Kier molecular flexibility index (Phi) is 10.9. The van der Waals surface area contributed by atoms with Crippen LogP contribution in [0.1, 0.15) is 83.1 Å². The van der Waals surface area contributed by atoms with E-state index in [1.807, 2.05) is 18.2 Å². The fourth-order valence-electron chi connectivity index (χ4n) is 3.54. The fourth-order valence-corrected chi connectivity index (χ4v) is 4.68. The second kappa shape index (κ2) is 13.2. The number of aliphatic hydroxyl groups excluding tert-OH is 1. The molecule has 1 fully saturated rings. The van der Waals surface area contributed by atoms with Gasteiger partial charge in [0.1, 0.15) is 11.4 Å². The van der Waals surface area contributed by atoms with Gasteiger partial charge in [-0.25, -0.2) is 0 Å². The first-order chi connectivity index (χ1) is 13.2. The minimum absolute atomic E-state index is 0.122. The molecule has 1 aromatic rings. The number of carbonyl (C=O) groups excluding carboxylic acids is 1. The summed E-state index contributed by atoms with van der Waals surface area (Å²) in [5.41, 5.74) is 1.22. The maximum Gasteiger partial charge on any atom is 0.323 e. The first-order valence-electron chi connectivity index (χ1n) is 10.7. The molecule has 27 heavy (non-hydrogen) atoms. The normalized spacial score (nSPS) is 20.1. The topological polar surface area (TPSA) is 46.5 Å². The number of carbonyl (C=O) groups is 1. The molecule has 0 bridgehead atoms. The van der Waals surface area contributed by atoms with Gasteiger partial charge in [-0.05, 0) is 12.0 Å². The molecule has 1 aliphatic heterocycles. The summed E-state index contributed by atoms with van der Waals surface area (Å²) in [5.74, 6) is 0.682. The van der Waals surface area contributed by atoms with Crippen LogP contribution in [0.5, 0.6) is 0 Å². The highest BCUT2D eigenvalue weighted by atomic mass is 32.2. The highest BCUT2D eigenvalue weighted by Gasteiger charge is 2.43. The van der Waals surface area contributed by atoms with Crippen molar-refractivity contribution in [3.05, 3.63) is 35.9 Å². The summed E-state index contributed by atoms with van der Waals surface area (Å²) in [6.45, 7) is 2.25. The van der Waals surface area contributed by atoms with Crippen LogP contribution in [0.2, 0.25) is 0 Å². The van der Waals surface area contributed by atoms with Crippen LogP contribution in [0, 0.1) is 0 Å². The van der Waals surface area contributed by atoms with Crippen LogP contribution in [0.15, 0.2) is 30.3 Å². The van der Waals surface area contributed by atoms with E-state index in [1.165, 1.54) is 56.9 Å². The fraction of sp³-hybridized carbons (Fsp3) is 0.696. The van der Waals surface area contributed by atoms with Crippen molar-refractivity contribution in [1.82, 2.24) is 0 Å². The second-order valence-electron chi connectivity index (χ2n) is 7.70. The smallest absolute Gasteiger partial charge is 0.323 e. The number of cyclic esters (lactones) is 1. The van der Waals surface area contributed by atoms with Gasteiger partial charge in [-0.3, -0.25) is 4.79 Å². The van der Waals surface area contributed by atoms with Gasteiger partial charge >= 0.3 is 5.97 Å². The molecule has 0 aromatic heterocycles. The molecule has 0 spiro atoms. The second-order valence-corrected chi connectivity index (χ2v) is 8.83. The predicted molar refractivity (Wildman–Crippen MR) is 114 cm³/mol. The van der Waals surface area contributed by atoms with E-state index in [2.05, 4.69) is 19.1 Å². The molecule has 0 aliphatic carbocycles. The first-order valence-corrected chi connectivity index (χ1v) is 11.8. The number of thioether (sulfide) groups is 1. The number of rotatable bonds is 15. The van der Waals surface area contributed by atoms with Crippen molar-refractivity contribution in [3.63, 3.8) is 0 Å². The number of unbranched alkanes of at least 4 members (excludes halogenated alkanes) is 8. The molecule has 0 unspecified atom stereocenters. The van der Waals surface area contributed by atoms with Gasteiger partial charge in [0.15, 0.2) is 0 Å². The molecule has 0 radical (unpaired) electrons. The molecule has 1 aromatic carbocycles. The Labute approximate surface area is 169 Å². The molecule has 2 rings (SSSR count). The van der Waals surface area contributed by atoms with Gasteiger partial charge in [-0.15, -0.1) is 11.8 Å². The van der Waals surface area contributed by atoms with Crippen LogP contribution in [0.4, 0.5) is 0 Å². The standard InChI is InChI=1S/C23H36O3S/c1-2-3-4-5-6-7-8-9-13-16-20(24)17-21-22(23(25)26-21)27-18-19-14-11-10-12-15-19/h10-12,14-15,20-22,24H,2-9,13,16-18H2,1H3/t20-,21-,22+/m0/s1. The molecule has 152 valence electrons. The average Bonchev–Trinajstić information content (AvgIpc) is 2.67. The molecule has 0 amide bonds. The maximum atomic E-state index is 11.7. The van der Waals surface area contributed by atoms with Crippen LogP contribution >= 0.6 is 11.8 Å². The minimum atomic E-state index is -0.354. The van der Waals surface area contributed by atoms with E-state index in [9.17, 15) is 9.90 Å². The lowest BCUT2D eigenvalue weighted by atomic mass is 9.99. The van der Waals surface area contributed by atoms with Crippen LogP contribution in [0.25, 0.3) is 0 Å². The molecule has 4 heteroatoms. The van der Waals surface area contributed by atoms with E-state index in [0.717, 1.165) is 18.6 Å². The molecular formula is C23H36O3S. The quantitative estimate of drug-likeness (QED) is 0.299. The summed E-state index contributed by atoms with van der Waals surface area (Å²) in [5, 5.41) is 10.2. The number of esters is 1. The SMILES string of the molecule is CCCCCCCCCCC[C@H](O)C[C@@H]1OC(=O)[C@@H]1SCc1ccccc1. The Hall–Kier alpha value is -1.00. The summed E-state index contributed by atoms with van der Waals surface area (Å²) < 4.78 is 5.28. The highest BCUT2D eigenvalue weighted by molar-refractivity contribution is 8.00. The zero-order valence-electron chi connectivity index (χ0n) is 16.8.